The fraction of sp³-hybridized carbons (Fsp3) is 0.400. The zero-order chi connectivity index (χ0) is 13.8. The van der Waals surface area contributed by atoms with Crippen molar-refractivity contribution >= 4 is 5.69 Å². The SMILES string of the molecule is CCc1nn(C)cc1NC(C)Cc1ccc(F)cc1. The molecule has 0 saturated heterocycles. The van der Waals surface area contributed by atoms with Crippen molar-refractivity contribution in [2.45, 2.75) is 32.7 Å². The number of aryl methyl sites for hydroxylation is 2. The third-order valence-corrected chi connectivity index (χ3v) is 3.10. The fourth-order valence-electron chi connectivity index (χ4n) is 2.21. The number of hydrogen-bond donors (Lipinski definition) is 1. The van der Waals surface area contributed by atoms with Gasteiger partial charge in [0.2, 0.25) is 0 Å². The summed E-state index contributed by atoms with van der Waals surface area (Å²) in [5.74, 6) is -0.190. The van der Waals surface area contributed by atoms with Crippen LogP contribution in [0.5, 0.6) is 0 Å². The Morgan fingerprint density at radius 2 is 2.00 bits per heavy atom. The molecule has 1 heterocycles. The van der Waals surface area contributed by atoms with E-state index >= 15 is 0 Å². The highest BCUT2D eigenvalue weighted by molar-refractivity contribution is 5.47. The third kappa shape index (κ3) is 3.56. The molecule has 1 N–H and O–H groups in total. The molecule has 0 saturated carbocycles. The maximum absolute atomic E-state index is 12.8. The summed E-state index contributed by atoms with van der Waals surface area (Å²) >= 11 is 0. The van der Waals surface area contributed by atoms with E-state index in [1.54, 1.807) is 0 Å². The highest BCUT2D eigenvalue weighted by Crippen LogP contribution is 2.16. The molecule has 4 heteroatoms. The van der Waals surface area contributed by atoms with Crippen LogP contribution in [0.2, 0.25) is 0 Å². The monoisotopic (exact) mass is 261 g/mol. The third-order valence-electron chi connectivity index (χ3n) is 3.10. The average Bonchev–Trinajstić information content (AvgIpc) is 2.72. The summed E-state index contributed by atoms with van der Waals surface area (Å²) in [6.07, 6.45) is 3.77. The van der Waals surface area contributed by atoms with E-state index in [2.05, 4.69) is 24.3 Å². The van der Waals surface area contributed by atoms with Gasteiger partial charge in [0.05, 0.1) is 11.4 Å². The molecule has 0 bridgehead atoms. The van der Waals surface area contributed by atoms with Gasteiger partial charge in [-0.3, -0.25) is 4.68 Å². The molecule has 0 aliphatic carbocycles. The van der Waals surface area contributed by atoms with E-state index in [4.69, 9.17) is 0 Å². The number of halogens is 1. The van der Waals surface area contributed by atoms with Crippen molar-refractivity contribution in [3.05, 3.63) is 47.5 Å². The molecule has 2 aromatic rings. The lowest BCUT2D eigenvalue weighted by molar-refractivity contribution is 0.626. The molecule has 1 aromatic heterocycles. The Morgan fingerprint density at radius 3 is 2.63 bits per heavy atom. The van der Waals surface area contributed by atoms with E-state index < -0.39 is 0 Å². The van der Waals surface area contributed by atoms with E-state index in [0.717, 1.165) is 29.8 Å². The predicted octanol–water partition coefficient (Wildman–Crippen LogP) is 3.16. The highest BCUT2D eigenvalue weighted by Gasteiger charge is 2.09. The minimum atomic E-state index is -0.190. The Kier molecular flexibility index (Phi) is 4.20. The van der Waals surface area contributed by atoms with Gasteiger partial charge in [0.15, 0.2) is 0 Å². The van der Waals surface area contributed by atoms with Crippen LogP contribution in [0, 0.1) is 5.82 Å². The first-order valence-electron chi connectivity index (χ1n) is 6.62. The quantitative estimate of drug-likeness (QED) is 0.896. The molecule has 0 amide bonds. The number of aromatic nitrogens is 2. The van der Waals surface area contributed by atoms with Crippen LogP contribution in [-0.2, 0) is 19.9 Å². The van der Waals surface area contributed by atoms with E-state index in [1.165, 1.54) is 12.1 Å². The van der Waals surface area contributed by atoms with Crippen molar-refractivity contribution < 1.29 is 4.39 Å². The summed E-state index contributed by atoms with van der Waals surface area (Å²) < 4.78 is 14.7. The van der Waals surface area contributed by atoms with Crippen LogP contribution in [0.3, 0.4) is 0 Å². The van der Waals surface area contributed by atoms with E-state index in [9.17, 15) is 4.39 Å². The fourth-order valence-corrected chi connectivity index (χ4v) is 2.21. The van der Waals surface area contributed by atoms with Crippen molar-refractivity contribution in [1.29, 1.82) is 0 Å². The highest BCUT2D eigenvalue weighted by atomic mass is 19.1. The predicted molar refractivity (Wildman–Crippen MR) is 75.8 cm³/mol. The molecular weight excluding hydrogens is 241 g/mol. The summed E-state index contributed by atoms with van der Waals surface area (Å²) in [5, 5.41) is 7.87. The Bertz CT molecular complexity index is 531. The lowest BCUT2D eigenvalue weighted by Gasteiger charge is -2.14. The largest absolute Gasteiger partial charge is 0.379 e. The second-order valence-corrected chi connectivity index (χ2v) is 4.89. The zero-order valence-corrected chi connectivity index (χ0v) is 11.7. The van der Waals surface area contributed by atoms with Crippen molar-refractivity contribution in [2.24, 2.45) is 7.05 Å². The van der Waals surface area contributed by atoms with Gasteiger partial charge < -0.3 is 5.32 Å². The standard InChI is InChI=1S/C15H20FN3/c1-4-14-15(10-19(3)18-14)17-11(2)9-12-5-7-13(16)8-6-12/h5-8,10-11,17H,4,9H2,1-3H3. The van der Waals surface area contributed by atoms with Gasteiger partial charge in [-0.05, 0) is 37.5 Å². The molecule has 0 aliphatic rings. The maximum Gasteiger partial charge on any atom is 0.123 e. The molecule has 0 fully saturated rings. The van der Waals surface area contributed by atoms with Gasteiger partial charge in [0.25, 0.3) is 0 Å². The first kappa shape index (κ1) is 13.6. The van der Waals surface area contributed by atoms with E-state index in [1.807, 2.05) is 30.1 Å². The Morgan fingerprint density at radius 1 is 1.32 bits per heavy atom. The molecule has 1 aromatic carbocycles. The van der Waals surface area contributed by atoms with Gasteiger partial charge in [-0.15, -0.1) is 0 Å². The van der Waals surface area contributed by atoms with Crippen molar-refractivity contribution in [3.8, 4) is 0 Å². The summed E-state index contributed by atoms with van der Waals surface area (Å²) in [5.41, 5.74) is 3.29. The Balaban J connectivity index is 2.00. The topological polar surface area (TPSA) is 29.9 Å². The molecule has 2 rings (SSSR count). The number of rotatable bonds is 5. The van der Waals surface area contributed by atoms with E-state index in [-0.39, 0.29) is 11.9 Å². The Labute approximate surface area is 113 Å². The first-order valence-corrected chi connectivity index (χ1v) is 6.62. The van der Waals surface area contributed by atoms with E-state index in [0.29, 0.717) is 0 Å². The Hall–Kier alpha value is -1.84. The lowest BCUT2D eigenvalue weighted by atomic mass is 10.1. The van der Waals surface area contributed by atoms with Crippen molar-refractivity contribution in [1.82, 2.24) is 9.78 Å². The van der Waals surface area contributed by atoms with Crippen molar-refractivity contribution in [2.75, 3.05) is 5.32 Å². The van der Waals surface area contributed by atoms with Gasteiger partial charge in [-0.1, -0.05) is 19.1 Å². The normalized spacial score (nSPS) is 12.4. The molecule has 1 atom stereocenters. The maximum atomic E-state index is 12.8. The number of benzene rings is 1. The van der Waals surface area contributed by atoms with Crippen LogP contribution in [0.15, 0.2) is 30.5 Å². The number of nitrogens with zero attached hydrogens (tertiary/aromatic N) is 2. The van der Waals surface area contributed by atoms with Crippen LogP contribution < -0.4 is 5.32 Å². The van der Waals surface area contributed by atoms with Gasteiger partial charge in [0.1, 0.15) is 5.82 Å². The van der Waals surface area contributed by atoms with Gasteiger partial charge in [-0.25, -0.2) is 4.39 Å². The molecule has 0 spiro atoms. The number of nitrogens with one attached hydrogen (secondary N) is 1. The van der Waals surface area contributed by atoms with Gasteiger partial charge in [0, 0.05) is 19.3 Å². The second-order valence-electron chi connectivity index (χ2n) is 4.89. The number of anilines is 1. The second kappa shape index (κ2) is 5.87. The molecule has 3 nitrogen and oxygen atoms in total. The minimum absolute atomic E-state index is 0.190. The summed E-state index contributed by atoms with van der Waals surface area (Å²) in [4.78, 5) is 0. The first-order chi connectivity index (χ1) is 9.08. The van der Waals surface area contributed by atoms with Gasteiger partial charge >= 0.3 is 0 Å². The average molecular weight is 261 g/mol. The molecule has 19 heavy (non-hydrogen) atoms. The molecular formula is C15H20FN3. The summed E-state index contributed by atoms with van der Waals surface area (Å²) in [6, 6.07) is 6.95. The molecule has 0 radical (unpaired) electrons. The van der Waals surface area contributed by atoms with Crippen LogP contribution in [0.1, 0.15) is 25.1 Å². The minimum Gasteiger partial charge on any atom is -0.379 e. The molecule has 0 aliphatic heterocycles. The van der Waals surface area contributed by atoms with Crippen molar-refractivity contribution in [3.63, 3.8) is 0 Å². The lowest BCUT2D eigenvalue weighted by Crippen LogP contribution is -2.18. The summed E-state index contributed by atoms with van der Waals surface area (Å²) in [6.45, 7) is 4.22. The van der Waals surface area contributed by atoms with Crippen LogP contribution in [0.25, 0.3) is 0 Å². The molecule has 102 valence electrons. The number of hydrogen-bond acceptors (Lipinski definition) is 2. The summed E-state index contributed by atoms with van der Waals surface area (Å²) in [7, 11) is 1.93. The van der Waals surface area contributed by atoms with Crippen LogP contribution >= 0.6 is 0 Å². The van der Waals surface area contributed by atoms with Crippen LogP contribution in [-0.4, -0.2) is 15.8 Å². The molecule has 1 unspecified atom stereocenters. The zero-order valence-electron chi connectivity index (χ0n) is 11.7. The van der Waals surface area contributed by atoms with Gasteiger partial charge in [-0.2, -0.15) is 5.10 Å². The van der Waals surface area contributed by atoms with Crippen LogP contribution in [0.4, 0.5) is 10.1 Å². The smallest absolute Gasteiger partial charge is 0.123 e.